The van der Waals surface area contributed by atoms with Gasteiger partial charge in [-0.2, -0.15) is 0 Å². The molecule has 0 aliphatic carbocycles. The third kappa shape index (κ3) is 8.14. The number of anilines is 1. The van der Waals surface area contributed by atoms with Gasteiger partial charge in [0, 0.05) is 31.4 Å². The summed E-state index contributed by atoms with van der Waals surface area (Å²) in [6, 6.07) is 17.7. The quantitative estimate of drug-likeness (QED) is 0.357. The fourth-order valence-corrected chi connectivity index (χ4v) is 4.46. The van der Waals surface area contributed by atoms with E-state index in [0.717, 1.165) is 39.2 Å². The van der Waals surface area contributed by atoms with Crippen LogP contribution in [0.5, 0.6) is 0 Å². The van der Waals surface area contributed by atoms with E-state index in [9.17, 15) is 9.59 Å². The molecule has 2 aromatic carbocycles. The summed E-state index contributed by atoms with van der Waals surface area (Å²) < 4.78 is 5.74. The van der Waals surface area contributed by atoms with E-state index in [4.69, 9.17) is 15.5 Å². The number of hydrogen-bond donors (Lipinski definition) is 2. The Kier molecular flexibility index (Phi) is 9.86. The molecule has 0 atom stereocenters. The van der Waals surface area contributed by atoms with E-state index in [1.54, 1.807) is 7.05 Å². The monoisotopic (exact) mass is 530 g/mol. The zero-order valence-electron chi connectivity index (χ0n) is 24.3. The van der Waals surface area contributed by atoms with Crippen molar-refractivity contribution < 1.29 is 14.3 Å². The van der Waals surface area contributed by atoms with Crippen LogP contribution in [0.15, 0.2) is 54.6 Å². The van der Waals surface area contributed by atoms with Crippen molar-refractivity contribution in [1.82, 2.24) is 10.3 Å². The van der Waals surface area contributed by atoms with Crippen molar-refractivity contribution in [2.45, 2.75) is 73.1 Å². The lowest BCUT2D eigenvalue weighted by molar-refractivity contribution is -0.120. The molecule has 3 aromatic rings. The molecule has 208 valence electrons. The topological polar surface area (TPSA) is 97.6 Å². The van der Waals surface area contributed by atoms with Gasteiger partial charge in [-0.05, 0) is 62.3 Å². The van der Waals surface area contributed by atoms with Crippen LogP contribution in [0.4, 0.5) is 10.5 Å². The minimum absolute atomic E-state index is 0.119. The van der Waals surface area contributed by atoms with Gasteiger partial charge in [-0.25, -0.2) is 4.79 Å². The molecule has 0 unspecified atom stereocenters. The van der Waals surface area contributed by atoms with Crippen molar-refractivity contribution in [3.8, 4) is 11.1 Å². The highest BCUT2D eigenvalue weighted by molar-refractivity contribution is 5.97. The molecule has 0 bridgehead atoms. The van der Waals surface area contributed by atoms with Gasteiger partial charge in [0.25, 0.3) is 0 Å². The van der Waals surface area contributed by atoms with E-state index in [1.165, 1.54) is 4.90 Å². The summed E-state index contributed by atoms with van der Waals surface area (Å²) in [6.45, 7) is 12.6. The molecule has 0 spiro atoms. The predicted molar refractivity (Wildman–Crippen MR) is 157 cm³/mol. The second kappa shape index (κ2) is 12.9. The number of nitrogens with two attached hydrogens (primary N) is 1. The maximum atomic E-state index is 13.3. The molecule has 0 fully saturated rings. The maximum absolute atomic E-state index is 13.3. The molecule has 0 aliphatic rings. The summed E-state index contributed by atoms with van der Waals surface area (Å²) >= 11 is 0. The number of amides is 2. The highest BCUT2D eigenvalue weighted by Gasteiger charge is 2.29. The SMILES string of the molecule is Cc1nc(CC(C)C)c(N(C)C(=O)OC(C)(C)C)c(-c2ccc(CN)cc2)c1CC(=O)NCc1ccccc1. The zero-order chi connectivity index (χ0) is 28.7. The second-order valence-electron chi connectivity index (χ2n) is 11.3. The predicted octanol–water partition coefficient (Wildman–Crippen LogP) is 5.94. The van der Waals surface area contributed by atoms with Gasteiger partial charge in [0.1, 0.15) is 5.60 Å². The van der Waals surface area contributed by atoms with E-state index in [2.05, 4.69) is 19.2 Å². The molecule has 0 saturated carbocycles. The molecular formula is C32H42N4O3. The summed E-state index contributed by atoms with van der Waals surface area (Å²) in [5.74, 6) is 0.182. The number of carbonyl (C=O) groups is 2. The van der Waals surface area contributed by atoms with E-state index in [1.807, 2.05) is 82.3 Å². The Morgan fingerprint density at radius 2 is 1.67 bits per heavy atom. The van der Waals surface area contributed by atoms with E-state index in [0.29, 0.717) is 31.1 Å². The van der Waals surface area contributed by atoms with Gasteiger partial charge in [-0.1, -0.05) is 68.4 Å². The lowest BCUT2D eigenvalue weighted by Gasteiger charge is -2.29. The normalized spacial score (nSPS) is 11.4. The first kappa shape index (κ1) is 29.8. The number of benzene rings is 2. The van der Waals surface area contributed by atoms with Gasteiger partial charge in [0.15, 0.2) is 0 Å². The van der Waals surface area contributed by atoms with Crippen LogP contribution >= 0.6 is 0 Å². The molecule has 7 heteroatoms. The molecule has 3 rings (SSSR count). The molecule has 1 heterocycles. The fourth-order valence-electron chi connectivity index (χ4n) is 4.46. The molecule has 39 heavy (non-hydrogen) atoms. The first-order chi connectivity index (χ1) is 18.4. The molecule has 2 amide bonds. The summed E-state index contributed by atoms with van der Waals surface area (Å²) in [5, 5.41) is 3.03. The minimum atomic E-state index is -0.662. The second-order valence-corrected chi connectivity index (χ2v) is 11.3. The average Bonchev–Trinajstić information content (AvgIpc) is 2.87. The molecule has 0 saturated heterocycles. The number of ether oxygens (including phenoxy) is 1. The van der Waals surface area contributed by atoms with Gasteiger partial charge >= 0.3 is 6.09 Å². The number of carbonyl (C=O) groups excluding carboxylic acids is 2. The smallest absolute Gasteiger partial charge is 0.414 e. The van der Waals surface area contributed by atoms with Crippen LogP contribution in [0.2, 0.25) is 0 Å². The molecular weight excluding hydrogens is 488 g/mol. The van der Waals surface area contributed by atoms with Crippen molar-refractivity contribution in [2.75, 3.05) is 11.9 Å². The Balaban J connectivity index is 2.16. The number of aromatic nitrogens is 1. The van der Waals surface area contributed by atoms with E-state index in [-0.39, 0.29) is 12.3 Å². The number of rotatable bonds is 9. The van der Waals surface area contributed by atoms with Crippen LogP contribution in [0, 0.1) is 12.8 Å². The number of nitrogens with one attached hydrogen (secondary N) is 1. The van der Waals surface area contributed by atoms with E-state index >= 15 is 0 Å². The average molecular weight is 531 g/mol. The highest BCUT2D eigenvalue weighted by Crippen LogP contribution is 2.39. The summed E-state index contributed by atoms with van der Waals surface area (Å²) in [5.41, 5.74) is 11.9. The van der Waals surface area contributed by atoms with Crippen molar-refractivity contribution in [1.29, 1.82) is 0 Å². The van der Waals surface area contributed by atoms with Crippen LogP contribution in [0.3, 0.4) is 0 Å². The Morgan fingerprint density at radius 1 is 1.03 bits per heavy atom. The first-order valence-electron chi connectivity index (χ1n) is 13.5. The lowest BCUT2D eigenvalue weighted by atomic mass is 9.91. The zero-order valence-corrected chi connectivity index (χ0v) is 24.3. The largest absolute Gasteiger partial charge is 0.443 e. The number of hydrogen-bond acceptors (Lipinski definition) is 5. The van der Waals surface area contributed by atoms with Crippen LogP contribution in [0.25, 0.3) is 11.1 Å². The summed E-state index contributed by atoms with van der Waals surface area (Å²) in [6.07, 6.45) is 0.312. The van der Waals surface area contributed by atoms with E-state index < -0.39 is 11.7 Å². The van der Waals surface area contributed by atoms with Crippen LogP contribution in [-0.2, 0) is 35.5 Å². The Morgan fingerprint density at radius 3 is 2.23 bits per heavy atom. The van der Waals surface area contributed by atoms with Crippen LogP contribution in [0.1, 0.15) is 62.7 Å². The maximum Gasteiger partial charge on any atom is 0.414 e. The number of nitrogens with zero attached hydrogens (tertiary/aromatic N) is 2. The highest BCUT2D eigenvalue weighted by atomic mass is 16.6. The minimum Gasteiger partial charge on any atom is -0.443 e. The fraction of sp³-hybridized carbons (Fsp3) is 0.406. The lowest BCUT2D eigenvalue weighted by Crippen LogP contribution is -2.35. The molecule has 0 radical (unpaired) electrons. The van der Waals surface area contributed by atoms with Crippen LogP contribution < -0.4 is 16.0 Å². The van der Waals surface area contributed by atoms with Crippen molar-refractivity contribution in [3.63, 3.8) is 0 Å². The first-order valence-corrected chi connectivity index (χ1v) is 13.5. The summed E-state index contributed by atoms with van der Waals surface area (Å²) in [7, 11) is 1.71. The van der Waals surface area contributed by atoms with Crippen molar-refractivity contribution in [3.05, 3.63) is 82.7 Å². The Bertz CT molecular complexity index is 1280. The van der Waals surface area contributed by atoms with Crippen molar-refractivity contribution >= 4 is 17.7 Å². The number of pyridine rings is 1. The molecule has 7 nitrogen and oxygen atoms in total. The number of aryl methyl sites for hydroxylation is 1. The third-order valence-electron chi connectivity index (χ3n) is 6.30. The standard InChI is InChI=1S/C32H42N4O3/c1-21(2)17-27-30(36(7)31(38)39-32(4,5)6)29(25-15-13-23(19-33)14-16-25)26(22(3)35-27)18-28(37)34-20-24-11-9-8-10-12-24/h8-16,21H,17-20,33H2,1-7H3,(H,34,37). The van der Waals surface area contributed by atoms with Gasteiger partial charge in [-0.3, -0.25) is 14.7 Å². The van der Waals surface area contributed by atoms with Crippen molar-refractivity contribution in [2.24, 2.45) is 11.7 Å². The molecule has 0 aliphatic heterocycles. The van der Waals surface area contributed by atoms with Gasteiger partial charge in [0.2, 0.25) is 5.91 Å². The Hall–Kier alpha value is -3.71. The Labute approximate surface area is 232 Å². The van der Waals surface area contributed by atoms with Gasteiger partial charge in [-0.15, -0.1) is 0 Å². The van der Waals surface area contributed by atoms with Crippen LogP contribution in [-0.4, -0.2) is 29.6 Å². The molecule has 3 N–H and O–H groups in total. The van der Waals surface area contributed by atoms with Gasteiger partial charge in [0.05, 0.1) is 17.8 Å². The van der Waals surface area contributed by atoms with Gasteiger partial charge < -0.3 is 15.8 Å². The summed E-state index contributed by atoms with van der Waals surface area (Å²) in [4.78, 5) is 33.1. The molecule has 1 aromatic heterocycles. The third-order valence-corrected chi connectivity index (χ3v) is 6.30.